The summed E-state index contributed by atoms with van der Waals surface area (Å²) in [5.41, 5.74) is 0.217. The van der Waals surface area contributed by atoms with Gasteiger partial charge in [-0.15, -0.1) is 0 Å². The van der Waals surface area contributed by atoms with E-state index in [0.29, 0.717) is 12.3 Å². The Hall–Kier alpha value is -1.29. The molecule has 15 heavy (non-hydrogen) atoms. The van der Waals surface area contributed by atoms with E-state index in [-0.39, 0.29) is 5.56 Å². The minimum Gasteiger partial charge on any atom is -0.478 e. The lowest BCUT2D eigenvalue weighted by Crippen LogP contribution is -2.14. The molecule has 2 rings (SSSR count). The van der Waals surface area contributed by atoms with Crippen molar-refractivity contribution in [1.29, 1.82) is 0 Å². The summed E-state index contributed by atoms with van der Waals surface area (Å²) in [6.45, 7) is 1.59. The molecule has 1 fully saturated rings. The molecule has 4 nitrogen and oxygen atoms in total. The van der Waals surface area contributed by atoms with Crippen molar-refractivity contribution in [2.24, 2.45) is 5.92 Å². The standard InChI is InChI=1S/C11H15NO3/c13-11(14)9-5-10(15-7-9)6-12-4-3-8-1-2-8/h5,7-8,12H,1-4,6H2,(H,13,14). The van der Waals surface area contributed by atoms with Gasteiger partial charge < -0.3 is 14.8 Å². The van der Waals surface area contributed by atoms with Crippen LogP contribution in [0.25, 0.3) is 0 Å². The fourth-order valence-corrected chi connectivity index (χ4v) is 1.51. The smallest absolute Gasteiger partial charge is 0.338 e. The number of furan rings is 1. The molecule has 0 amide bonds. The van der Waals surface area contributed by atoms with Crippen molar-refractivity contribution in [2.75, 3.05) is 6.54 Å². The molecule has 1 saturated carbocycles. The minimum absolute atomic E-state index is 0.217. The number of carbonyl (C=O) groups is 1. The fourth-order valence-electron chi connectivity index (χ4n) is 1.51. The summed E-state index contributed by atoms with van der Waals surface area (Å²) in [5, 5.41) is 11.9. The first kappa shape index (κ1) is 10.2. The Morgan fingerprint density at radius 2 is 2.40 bits per heavy atom. The molecule has 0 radical (unpaired) electrons. The van der Waals surface area contributed by atoms with Crippen molar-refractivity contribution in [3.63, 3.8) is 0 Å². The first-order valence-electron chi connectivity index (χ1n) is 5.27. The highest BCUT2D eigenvalue weighted by molar-refractivity contribution is 5.87. The highest BCUT2D eigenvalue weighted by Crippen LogP contribution is 2.31. The molecule has 0 spiro atoms. The van der Waals surface area contributed by atoms with Crippen LogP contribution in [0.4, 0.5) is 0 Å². The highest BCUT2D eigenvalue weighted by Gasteiger charge is 2.20. The van der Waals surface area contributed by atoms with Gasteiger partial charge >= 0.3 is 5.97 Å². The normalized spacial score (nSPS) is 15.5. The van der Waals surface area contributed by atoms with E-state index >= 15 is 0 Å². The lowest BCUT2D eigenvalue weighted by atomic mass is 10.3. The summed E-state index contributed by atoms with van der Waals surface area (Å²) in [6, 6.07) is 1.56. The number of carboxylic acids is 1. The Kier molecular flexibility index (Phi) is 3.06. The Balaban J connectivity index is 1.70. The van der Waals surface area contributed by atoms with Crippen molar-refractivity contribution in [1.82, 2.24) is 5.32 Å². The number of hydrogen-bond acceptors (Lipinski definition) is 3. The summed E-state index contributed by atoms with van der Waals surface area (Å²) in [5.74, 6) is 0.662. The summed E-state index contributed by atoms with van der Waals surface area (Å²) >= 11 is 0. The zero-order valence-corrected chi connectivity index (χ0v) is 8.53. The van der Waals surface area contributed by atoms with Crippen LogP contribution < -0.4 is 5.32 Å². The molecular weight excluding hydrogens is 194 g/mol. The first-order valence-corrected chi connectivity index (χ1v) is 5.27. The molecule has 1 aromatic heterocycles. The molecule has 0 bridgehead atoms. The monoisotopic (exact) mass is 209 g/mol. The van der Waals surface area contributed by atoms with Crippen LogP contribution in [0.5, 0.6) is 0 Å². The molecule has 82 valence electrons. The molecule has 1 aliphatic carbocycles. The number of carboxylic acid groups (broad SMARTS) is 1. The molecule has 0 saturated heterocycles. The van der Waals surface area contributed by atoms with Gasteiger partial charge in [-0.1, -0.05) is 12.8 Å². The van der Waals surface area contributed by atoms with Crippen molar-refractivity contribution in [2.45, 2.75) is 25.8 Å². The molecule has 0 aromatic carbocycles. The average Bonchev–Trinajstić information content (AvgIpc) is 2.90. The average molecular weight is 209 g/mol. The summed E-state index contributed by atoms with van der Waals surface area (Å²) in [6.07, 6.45) is 5.23. The van der Waals surface area contributed by atoms with Gasteiger partial charge in [0.25, 0.3) is 0 Å². The third-order valence-corrected chi connectivity index (χ3v) is 2.63. The second-order valence-corrected chi connectivity index (χ2v) is 4.02. The van der Waals surface area contributed by atoms with Crippen LogP contribution in [0.3, 0.4) is 0 Å². The first-order chi connectivity index (χ1) is 7.25. The van der Waals surface area contributed by atoms with Crippen LogP contribution in [0.15, 0.2) is 16.7 Å². The maximum Gasteiger partial charge on any atom is 0.338 e. The van der Waals surface area contributed by atoms with E-state index in [9.17, 15) is 4.79 Å². The number of nitrogens with one attached hydrogen (secondary N) is 1. The van der Waals surface area contributed by atoms with E-state index in [1.807, 2.05) is 0 Å². The van der Waals surface area contributed by atoms with Crippen molar-refractivity contribution in [3.05, 3.63) is 23.7 Å². The van der Waals surface area contributed by atoms with Crippen LogP contribution in [-0.4, -0.2) is 17.6 Å². The SMILES string of the molecule is O=C(O)c1coc(CNCCC2CC2)c1. The van der Waals surface area contributed by atoms with Crippen LogP contribution in [0.1, 0.15) is 35.4 Å². The molecule has 0 aliphatic heterocycles. The van der Waals surface area contributed by atoms with Gasteiger partial charge in [0.05, 0.1) is 12.1 Å². The van der Waals surface area contributed by atoms with Gasteiger partial charge in [0.2, 0.25) is 0 Å². The topological polar surface area (TPSA) is 62.5 Å². The lowest BCUT2D eigenvalue weighted by Gasteiger charge is -2.00. The van der Waals surface area contributed by atoms with E-state index in [0.717, 1.165) is 12.5 Å². The van der Waals surface area contributed by atoms with Gasteiger partial charge in [0, 0.05) is 0 Å². The number of aromatic carboxylic acids is 1. The quantitative estimate of drug-likeness (QED) is 0.702. The van der Waals surface area contributed by atoms with Crippen LogP contribution in [0.2, 0.25) is 0 Å². The zero-order chi connectivity index (χ0) is 10.7. The molecular formula is C11H15NO3. The second kappa shape index (κ2) is 4.49. The van der Waals surface area contributed by atoms with Gasteiger partial charge in [0.1, 0.15) is 12.0 Å². The summed E-state index contributed by atoms with van der Waals surface area (Å²) in [4.78, 5) is 10.6. The Morgan fingerprint density at radius 1 is 1.60 bits per heavy atom. The predicted molar refractivity (Wildman–Crippen MR) is 54.7 cm³/mol. The maximum absolute atomic E-state index is 10.6. The van der Waals surface area contributed by atoms with E-state index in [1.54, 1.807) is 6.07 Å². The van der Waals surface area contributed by atoms with Gasteiger partial charge in [-0.3, -0.25) is 0 Å². The van der Waals surface area contributed by atoms with Crippen molar-refractivity contribution in [3.8, 4) is 0 Å². The van der Waals surface area contributed by atoms with Gasteiger partial charge in [-0.25, -0.2) is 4.79 Å². The van der Waals surface area contributed by atoms with Crippen molar-refractivity contribution >= 4 is 5.97 Å². The summed E-state index contributed by atoms with van der Waals surface area (Å²) < 4.78 is 5.11. The molecule has 1 aliphatic rings. The van der Waals surface area contributed by atoms with Gasteiger partial charge in [-0.05, 0) is 24.9 Å². The minimum atomic E-state index is -0.942. The van der Waals surface area contributed by atoms with E-state index in [2.05, 4.69) is 5.32 Å². The van der Waals surface area contributed by atoms with Gasteiger partial charge in [-0.2, -0.15) is 0 Å². The zero-order valence-electron chi connectivity index (χ0n) is 8.53. The Morgan fingerprint density at radius 3 is 3.00 bits per heavy atom. The van der Waals surface area contributed by atoms with Crippen LogP contribution in [-0.2, 0) is 6.54 Å². The highest BCUT2D eigenvalue weighted by atomic mass is 16.4. The molecule has 0 unspecified atom stereocenters. The Labute approximate surface area is 88.3 Å². The maximum atomic E-state index is 10.6. The third-order valence-electron chi connectivity index (χ3n) is 2.63. The number of rotatable bonds is 6. The van der Waals surface area contributed by atoms with Crippen LogP contribution >= 0.6 is 0 Å². The second-order valence-electron chi connectivity index (χ2n) is 4.02. The number of hydrogen-bond donors (Lipinski definition) is 2. The van der Waals surface area contributed by atoms with Gasteiger partial charge in [0.15, 0.2) is 0 Å². The molecule has 1 aromatic rings. The molecule has 0 atom stereocenters. The molecule has 4 heteroatoms. The molecule has 2 N–H and O–H groups in total. The largest absolute Gasteiger partial charge is 0.478 e. The Bertz CT molecular complexity index is 341. The molecule has 1 heterocycles. The van der Waals surface area contributed by atoms with E-state index in [1.165, 1.54) is 25.5 Å². The van der Waals surface area contributed by atoms with Crippen LogP contribution in [0, 0.1) is 5.92 Å². The lowest BCUT2D eigenvalue weighted by molar-refractivity contribution is 0.0696. The van der Waals surface area contributed by atoms with Crippen molar-refractivity contribution < 1.29 is 14.3 Å². The predicted octanol–water partition coefficient (Wildman–Crippen LogP) is 1.87. The van der Waals surface area contributed by atoms with E-state index < -0.39 is 5.97 Å². The summed E-state index contributed by atoms with van der Waals surface area (Å²) in [7, 11) is 0. The third kappa shape index (κ3) is 3.09. The fraction of sp³-hybridized carbons (Fsp3) is 0.545. The van der Waals surface area contributed by atoms with E-state index in [4.69, 9.17) is 9.52 Å².